The second-order valence-corrected chi connectivity index (χ2v) is 16.1. The molecule has 90 valence electrons. The van der Waals surface area contributed by atoms with E-state index < -0.39 is 13.3 Å². The zero-order valence-corrected chi connectivity index (χ0v) is 13.2. The topological polar surface area (TPSA) is 18.5 Å². The predicted octanol–water partition coefficient (Wildman–Crippen LogP) is 3.67. The Bertz CT molecular complexity index is 139. The fourth-order valence-corrected chi connectivity index (χ4v) is 9.63. The SMILES string of the molecule is C[CH2][Ge]([CH2]C)([CH2]C)[CH2]CCB(OC)OC. The van der Waals surface area contributed by atoms with Crippen LogP contribution in [0.4, 0.5) is 0 Å². The molecule has 0 spiro atoms. The first-order valence-electron chi connectivity index (χ1n) is 6.23. The van der Waals surface area contributed by atoms with Crippen molar-refractivity contribution in [2.45, 2.75) is 54.5 Å². The van der Waals surface area contributed by atoms with E-state index in [4.69, 9.17) is 9.31 Å². The van der Waals surface area contributed by atoms with E-state index in [-0.39, 0.29) is 7.12 Å². The van der Waals surface area contributed by atoms with Crippen LogP contribution in [0.25, 0.3) is 0 Å². The third kappa shape index (κ3) is 5.41. The Morgan fingerprint density at radius 1 is 0.933 bits per heavy atom. The minimum absolute atomic E-state index is 0.00988. The first kappa shape index (κ1) is 15.5. The summed E-state index contributed by atoms with van der Waals surface area (Å²) < 4.78 is 10.4. The first-order valence-corrected chi connectivity index (χ1v) is 12.2. The molecule has 0 heterocycles. The molecule has 0 amide bonds. The Hall–Kier alpha value is 0.528. The van der Waals surface area contributed by atoms with Gasteiger partial charge >= 0.3 is 98.4 Å². The zero-order valence-electron chi connectivity index (χ0n) is 11.1. The quantitative estimate of drug-likeness (QED) is 0.597. The molecule has 0 aliphatic carbocycles. The third-order valence-electron chi connectivity index (χ3n) is 3.92. The molecule has 0 rings (SSSR count). The van der Waals surface area contributed by atoms with Crippen molar-refractivity contribution in [1.82, 2.24) is 0 Å². The van der Waals surface area contributed by atoms with Gasteiger partial charge < -0.3 is 0 Å². The fraction of sp³-hybridized carbons (Fsp3) is 1.00. The molecule has 0 saturated carbocycles. The van der Waals surface area contributed by atoms with Gasteiger partial charge in [-0.1, -0.05) is 0 Å². The van der Waals surface area contributed by atoms with Crippen molar-refractivity contribution in [2.75, 3.05) is 14.2 Å². The normalized spacial score (nSPS) is 11.8. The number of hydrogen-bond acceptors (Lipinski definition) is 2. The third-order valence-corrected chi connectivity index (χ3v) is 16.3. The first-order chi connectivity index (χ1) is 7.17. The van der Waals surface area contributed by atoms with Crippen molar-refractivity contribution in [3.63, 3.8) is 0 Å². The summed E-state index contributed by atoms with van der Waals surface area (Å²) in [5.41, 5.74) is 0. The Balaban J connectivity index is 3.89. The van der Waals surface area contributed by atoms with Crippen LogP contribution in [0.3, 0.4) is 0 Å². The van der Waals surface area contributed by atoms with E-state index in [1.54, 1.807) is 14.2 Å². The molecular weight excluding hydrogens is 248 g/mol. The summed E-state index contributed by atoms with van der Waals surface area (Å²) in [7, 11) is 3.46. The molecule has 0 aromatic carbocycles. The monoisotopic (exact) mass is 276 g/mol. The van der Waals surface area contributed by atoms with Crippen LogP contribution in [0.2, 0.25) is 27.3 Å². The molecule has 0 N–H and O–H groups in total. The van der Waals surface area contributed by atoms with Gasteiger partial charge in [0.2, 0.25) is 0 Å². The van der Waals surface area contributed by atoms with Gasteiger partial charge in [0, 0.05) is 0 Å². The predicted molar refractivity (Wildman–Crippen MR) is 71.2 cm³/mol. The molecule has 0 atom stereocenters. The molecule has 0 aliphatic rings. The Kier molecular flexibility index (Phi) is 8.96. The van der Waals surface area contributed by atoms with Crippen molar-refractivity contribution in [3.8, 4) is 0 Å². The summed E-state index contributed by atoms with van der Waals surface area (Å²) in [5, 5.41) is 5.89. The minimum atomic E-state index is -1.43. The summed E-state index contributed by atoms with van der Waals surface area (Å²) in [6.45, 7) is 7.16. The van der Waals surface area contributed by atoms with Crippen LogP contribution >= 0.6 is 0 Å². The van der Waals surface area contributed by atoms with Crippen LogP contribution in [0, 0.1) is 0 Å². The van der Waals surface area contributed by atoms with Crippen molar-refractivity contribution in [1.29, 1.82) is 0 Å². The molecule has 0 aliphatic heterocycles. The molecule has 15 heavy (non-hydrogen) atoms. The summed E-state index contributed by atoms with van der Waals surface area (Å²) in [6.07, 6.45) is 2.34. The van der Waals surface area contributed by atoms with E-state index in [1.807, 2.05) is 0 Å². The zero-order chi connectivity index (χ0) is 11.7. The maximum absolute atomic E-state index is 5.21. The van der Waals surface area contributed by atoms with E-state index in [2.05, 4.69) is 20.8 Å². The van der Waals surface area contributed by atoms with Gasteiger partial charge in [0.1, 0.15) is 0 Å². The van der Waals surface area contributed by atoms with Crippen LogP contribution < -0.4 is 0 Å². The molecule has 0 bridgehead atoms. The summed E-state index contributed by atoms with van der Waals surface area (Å²) in [4.78, 5) is 0. The molecule has 0 saturated heterocycles. The van der Waals surface area contributed by atoms with Gasteiger partial charge in [0.15, 0.2) is 0 Å². The molecule has 0 radical (unpaired) electrons. The Labute approximate surface area is 98.6 Å². The number of rotatable bonds is 9. The van der Waals surface area contributed by atoms with Gasteiger partial charge in [-0.2, -0.15) is 0 Å². The molecule has 0 aromatic heterocycles. The van der Waals surface area contributed by atoms with Crippen LogP contribution in [0.15, 0.2) is 0 Å². The summed E-state index contributed by atoms with van der Waals surface area (Å²) >= 11 is -1.43. The van der Waals surface area contributed by atoms with Gasteiger partial charge in [0.25, 0.3) is 0 Å². The van der Waals surface area contributed by atoms with Crippen molar-refractivity contribution in [3.05, 3.63) is 0 Å². The van der Waals surface area contributed by atoms with Crippen molar-refractivity contribution in [2.24, 2.45) is 0 Å². The van der Waals surface area contributed by atoms with Crippen LogP contribution in [0.1, 0.15) is 27.2 Å². The van der Waals surface area contributed by atoms with Crippen LogP contribution in [-0.4, -0.2) is 34.6 Å². The van der Waals surface area contributed by atoms with Crippen molar-refractivity contribution < 1.29 is 9.31 Å². The van der Waals surface area contributed by atoms with E-state index in [0.717, 1.165) is 6.32 Å². The van der Waals surface area contributed by atoms with Gasteiger partial charge in [0.05, 0.1) is 0 Å². The average molecular weight is 275 g/mol. The van der Waals surface area contributed by atoms with E-state index >= 15 is 0 Å². The van der Waals surface area contributed by atoms with Gasteiger partial charge in [-0.3, -0.25) is 0 Å². The van der Waals surface area contributed by atoms with E-state index in [9.17, 15) is 0 Å². The average Bonchev–Trinajstić information content (AvgIpc) is 2.31. The molecule has 2 nitrogen and oxygen atoms in total. The van der Waals surface area contributed by atoms with Gasteiger partial charge in [-0.25, -0.2) is 0 Å². The van der Waals surface area contributed by atoms with E-state index in [1.165, 1.54) is 27.4 Å². The fourth-order valence-electron chi connectivity index (χ4n) is 2.26. The number of hydrogen-bond donors (Lipinski definition) is 0. The van der Waals surface area contributed by atoms with Crippen LogP contribution in [-0.2, 0) is 9.31 Å². The maximum atomic E-state index is 5.21. The van der Waals surface area contributed by atoms with E-state index in [0.29, 0.717) is 0 Å². The van der Waals surface area contributed by atoms with Gasteiger partial charge in [-0.15, -0.1) is 0 Å². The molecule has 0 unspecified atom stereocenters. The molecule has 4 heteroatoms. The molecule has 0 aromatic rings. The molecular formula is C11H27BGeO2. The second-order valence-electron chi connectivity index (χ2n) is 4.35. The van der Waals surface area contributed by atoms with Crippen LogP contribution in [0.5, 0.6) is 0 Å². The second kappa shape index (κ2) is 8.65. The van der Waals surface area contributed by atoms with Crippen molar-refractivity contribution >= 4 is 20.4 Å². The standard InChI is InChI=1S/C11H27BGeO2/c1-6-13(7-2,8-3)11-9-10-12(14-4)15-5/h6-11H2,1-5H3. The van der Waals surface area contributed by atoms with Gasteiger partial charge in [-0.05, 0) is 0 Å². The Morgan fingerprint density at radius 2 is 1.40 bits per heavy atom. The molecule has 0 fully saturated rings. The summed E-state index contributed by atoms with van der Waals surface area (Å²) in [6, 6.07) is 0. The Morgan fingerprint density at radius 3 is 1.73 bits per heavy atom. The summed E-state index contributed by atoms with van der Waals surface area (Å²) in [5.74, 6) is 0.